The Labute approximate surface area is 102 Å². The molecule has 6 nitrogen and oxygen atoms in total. The predicted molar refractivity (Wildman–Crippen MR) is 63.2 cm³/mol. The minimum Gasteiger partial charge on any atom is -0.455 e. The van der Waals surface area contributed by atoms with Gasteiger partial charge in [-0.1, -0.05) is 11.8 Å². The highest BCUT2D eigenvalue weighted by Crippen LogP contribution is 2.22. The van der Waals surface area contributed by atoms with E-state index in [0.717, 1.165) is 10.7 Å². The molecule has 0 aromatic carbocycles. The number of furan rings is 1. The smallest absolute Gasteiger partial charge is 0.301 e. The van der Waals surface area contributed by atoms with Crippen molar-refractivity contribution in [3.05, 3.63) is 35.5 Å². The Kier molecular flexibility index (Phi) is 3.50. The van der Waals surface area contributed by atoms with Gasteiger partial charge in [-0.25, -0.2) is 10.8 Å². The Bertz CT molecular complexity index is 506. The number of carbonyl (C=O) groups excluding carboxylic acids is 1. The first-order chi connectivity index (χ1) is 8.20. The Morgan fingerprint density at radius 2 is 2.53 bits per heavy atom. The molecule has 0 spiro atoms. The van der Waals surface area contributed by atoms with E-state index >= 15 is 0 Å². The zero-order valence-corrected chi connectivity index (χ0v) is 10.0. The van der Waals surface area contributed by atoms with E-state index in [1.165, 1.54) is 11.8 Å². The van der Waals surface area contributed by atoms with E-state index < -0.39 is 5.91 Å². The molecular formula is C10H12N4O2S. The summed E-state index contributed by atoms with van der Waals surface area (Å²) in [6, 6.07) is 1.82. The van der Waals surface area contributed by atoms with Crippen LogP contribution < -0.4 is 11.3 Å². The van der Waals surface area contributed by atoms with Gasteiger partial charge >= 0.3 is 5.91 Å². The number of nitrogens with one attached hydrogen (secondary N) is 2. The SMILES string of the molecule is Cc1cc(CSc2ncc[nH]2)oc1C(=O)NN. The van der Waals surface area contributed by atoms with E-state index in [4.69, 9.17) is 10.3 Å². The number of aromatic nitrogens is 2. The number of hydrogen-bond donors (Lipinski definition) is 3. The van der Waals surface area contributed by atoms with Crippen molar-refractivity contribution in [2.45, 2.75) is 17.8 Å². The molecule has 0 unspecified atom stereocenters. The number of imidazole rings is 1. The summed E-state index contributed by atoms with van der Waals surface area (Å²) in [4.78, 5) is 18.4. The maximum Gasteiger partial charge on any atom is 0.301 e. The van der Waals surface area contributed by atoms with E-state index in [9.17, 15) is 4.79 Å². The van der Waals surface area contributed by atoms with Crippen LogP contribution in [0.5, 0.6) is 0 Å². The number of nitrogens with two attached hydrogens (primary N) is 1. The van der Waals surface area contributed by atoms with E-state index in [2.05, 4.69) is 9.97 Å². The molecule has 0 aliphatic heterocycles. The average molecular weight is 252 g/mol. The zero-order chi connectivity index (χ0) is 12.3. The number of thioether (sulfide) groups is 1. The van der Waals surface area contributed by atoms with Crippen molar-refractivity contribution in [1.29, 1.82) is 0 Å². The third-order valence-corrected chi connectivity index (χ3v) is 3.06. The molecule has 17 heavy (non-hydrogen) atoms. The van der Waals surface area contributed by atoms with E-state index in [1.54, 1.807) is 19.3 Å². The standard InChI is InChI=1S/C10H12N4O2S/c1-6-4-7(16-8(6)9(15)14-11)5-17-10-12-2-3-13-10/h2-4H,5,11H2,1H3,(H,12,13)(H,14,15). The largest absolute Gasteiger partial charge is 0.455 e. The number of nitrogen functional groups attached to an aromatic ring is 1. The maximum atomic E-state index is 11.3. The number of carbonyl (C=O) groups is 1. The van der Waals surface area contributed by atoms with Gasteiger partial charge in [0.2, 0.25) is 0 Å². The van der Waals surface area contributed by atoms with Crippen molar-refractivity contribution in [3.8, 4) is 0 Å². The molecule has 1 amide bonds. The van der Waals surface area contributed by atoms with Gasteiger partial charge in [0.15, 0.2) is 10.9 Å². The van der Waals surface area contributed by atoms with Crippen LogP contribution in [0.4, 0.5) is 0 Å². The topological polar surface area (TPSA) is 96.9 Å². The van der Waals surface area contributed by atoms with Crippen molar-refractivity contribution in [2.75, 3.05) is 0 Å². The summed E-state index contributed by atoms with van der Waals surface area (Å²) in [6.45, 7) is 1.80. The molecular weight excluding hydrogens is 240 g/mol. The molecule has 0 aliphatic rings. The second-order valence-electron chi connectivity index (χ2n) is 3.38. The van der Waals surface area contributed by atoms with E-state index in [1.807, 2.05) is 11.5 Å². The van der Waals surface area contributed by atoms with Crippen LogP contribution in [0.3, 0.4) is 0 Å². The molecule has 7 heteroatoms. The average Bonchev–Trinajstić information content (AvgIpc) is 2.94. The minimum absolute atomic E-state index is 0.252. The Morgan fingerprint density at radius 1 is 1.71 bits per heavy atom. The van der Waals surface area contributed by atoms with Gasteiger partial charge in [-0.15, -0.1) is 0 Å². The summed E-state index contributed by atoms with van der Waals surface area (Å²) >= 11 is 1.50. The predicted octanol–water partition coefficient (Wildman–Crippen LogP) is 1.21. The van der Waals surface area contributed by atoms with Gasteiger partial charge < -0.3 is 9.40 Å². The Balaban J connectivity index is 2.05. The van der Waals surface area contributed by atoms with Crippen molar-refractivity contribution >= 4 is 17.7 Å². The molecule has 0 bridgehead atoms. The number of hydrazine groups is 1. The number of rotatable bonds is 4. The molecule has 0 saturated carbocycles. The van der Waals surface area contributed by atoms with Crippen LogP contribution in [-0.4, -0.2) is 15.9 Å². The molecule has 2 aromatic heterocycles. The fourth-order valence-corrected chi connectivity index (χ4v) is 2.09. The molecule has 0 fully saturated rings. The number of hydrogen-bond acceptors (Lipinski definition) is 5. The highest BCUT2D eigenvalue weighted by atomic mass is 32.2. The highest BCUT2D eigenvalue weighted by molar-refractivity contribution is 7.98. The van der Waals surface area contributed by atoms with Crippen molar-refractivity contribution in [1.82, 2.24) is 15.4 Å². The number of aryl methyl sites for hydroxylation is 1. The summed E-state index contributed by atoms with van der Waals surface area (Å²) in [5, 5.41) is 0.809. The van der Waals surface area contributed by atoms with Crippen LogP contribution in [0.1, 0.15) is 21.9 Å². The van der Waals surface area contributed by atoms with Gasteiger partial charge in [-0.2, -0.15) is 0 Å². The van der Waals surface area contributed by atoms with Gasteiger partial charge in [0, 0.05) is 18.0 Å². The van der Waals surface area contributed by atoms with Crippen LogP contribution in [-0.2, 0) is 5.75 Å². The Hall–Kier alpha value is -1.73. The summed E-state index contributed by atoms with van der Waals surface area (Å²) in [6.07, 6.45) is 3.44. The number of aromatic amines is 1. The molecule has 90 valence electrons. The molecule has 0 radical (unpaired) electrons. The first-order valence-corrected chi connectivity index (χ1v) is 5.91. The van der Waals surface area contributed by atoms with Crippen LogP contribution in [0, 0.1) is 6.92 Å². The highest BCUT2D eigenvalue weighted by Gasteiger charge is 2.14. The van der Waals surface area contributed by atoms with Gasteiger partial charge in [0.05, 0.1) is 5.75 Å². The first kappa shape index (κ1) is 11.7. The third-order valence-electron chi connectivity index (χ3n) is 2.13. The lowest BCUT2D eigenvalue weighted by Crippen LogP contribution is -2.30. The summed E-state index contributed by atoms with van der Waals surface area (Å²) in [5.41, 5.74) is 2.81. The van der Waals surface area contributed by atoms with E-state index in [0.29, 0.717) is 11.5 Å². The lowest BCUT2D eigenvalue weighted by molar-refractivity contribution is 0.0923. The van der Waals surface area contributed by atoms with Crippen LogP contribution >= 0.6 is 11.8 Å². The molecule has 0 atom stereocenters. The monoisotopic (exact) mass is 252 g/mol. The van der Waals surface area contributed by atoms with Gasteiger partial charge in [0.1, 0.15) is 5.76 Å². The molecule has 2 heterocycles. The molecule has 0 saturated heterocycles. The molecule has 2 rings (SSSR count). The van der Waals surface area contributed by atoms with Crippen molar-refractivity contribution in [3.63, 3.8) is 0 Å². The van der Waals surface area contributed by atoms with Crippen molar-refractivity contribution < 1.29 is 9.21 Å². The minimum atomic E-state index is -0.420. The fraction of sp³-hybridized carbons (Fsp3) is 0.200. The number of H-pyrrole nitrogens is 1. The lowest BCUT2D eigenvalue weighted by Gasteiger charge is -1.96. The summed E-state index contributed by atoms with van der Waals surface area (Å²) in [7, 11) is 0. The first-order valence-electron chi connectivity index (χ1n) is 4.93. The molecule has 2 aromatic rings. The molecule has 0 aliphatic carbocycles. The normalized spacial score (nSPS) is 10.5. The number of nitrogens with zero attached hydrogens (tertiary/aromatic N) is 1. The second-order valence-corrected chi connectivity index (χ2v) is 4.35. The maximum absolute atomic E-state index is 11.3. The van der Waals surface area contributed by atoms with Crippen LogP contribution in [0.25, 0.3) is 0 Å². The van der Waals surface area contributed by atoms with Gasteiger partial charge in [-0.05, 0) is 13.0 Å². The van der Waals surface area contributed by atoms with Gasteiger partial charge in [-0.3, -0.25) is 10.2 Å². The lowest BCUT2D eigenvalue weighted by atomic mass is 10.2. The van der Waals surface area contributed by atoms with Crippen LogP contribution in [0.2, 0.25) is 0 Å². The quantitative estimate of drug-likeness (QED) is 0.329. The zero-order valence-electron chi connectivity index (χ0n) is 9.19. The van der Waals surface area contributed by atoms with Gasteiger partial charge in [0.25, 0.3) is 0 Å². The summed E-state index contributed by atoms with van der Waals surface area (Å²) < 4.78 is 5.41. The fourth-order valence-electron chi connectivity index (χ4n) is 1.38. The van der Waals surface area contributed by atoms with Crippen molar-refractivity contribution in [2.24, 2.45) is 5.84 Å². The third kappa shape index (κ3) is 2.69. The molecule has 4 N–H and O–H groups in total. The Morgan fingerprint density at radius 3 is 3.18 bits per heavy atom. The summed E-state index contributed by atoms with van der Waals surface area (Å²) in [5.74, 6) is 6.20. The number of amides is 1. The van der Waals surface area contributed by atoms with E-state index in [-0.39, 0.29) is 5.76 Å². The second kappa shape index (κ2) is 5.07. The van der Waals surface area contributed by atoms with Crippen LogP contribution in [0.15, 0.2) is 28.0 Å².